The number of ether oxygens (including phenoxy) is 1. The molecule has 0 bridgehead atoms. The minimum absolute atomic E-state index is 0.216. The fourth-order valence-electron chi connectivity index (χ4n) is 2.59. The highest BCUT2D eigenvalue weighted by atomic mass is 16.5. The van der Waals surface area contributed by atoms with Gasteiger partial charge < -0.3 is 4.74 Å². The smallest absolute Gasteiger partial charge is 0.330 e. The third-order valence-corrected chi connectivity index (χ3v) is 3.60. The van der Waals surface area contributed by atoms with Gasteiger partial charge in [-0.3, -0.25) is 0 Å². The van der Waals surface area contributed by atoms with Gasteiger partial charge in [-0.25, -0.2) is 4.79 Å². The Balaban J connectivity index is 4.73. The Labute approximate surface area is 149 Å². The molecule has 24 heavy (non-hydrogen) atoms. The quantitative estimate of drug-likeness (QED) is 0.230. The average Bonchev–Trinajstić information content (AvgIpc) is 2.46. The number of hydrogen-bond acceptors (Lipinski definition) is 2. The first-order valence-electron chi connectivity index (χ1n) is 9.17. The van der Waals surface area contributed by atoms with Gasteiger partial charge in [-0.05, 0) is 65.2 Å². The lowest BCUT2D eigenvalue weighted by Gasteiger charge is -2.10. The van der Waals surface area contributed by atoms with Gasteiger partial charge in [-0.2, -0.15) is 0 Å². The summed E-state index contributed by atoms with van der Waals surface area (Å²) in [6.07, 6.45) is 14.2. The molecular weight excluding hydrogens is 296 g/mol. The normalized spacial score (nSPS) is 12.2. The van der Waals surface area contributed by atoms with Crippen molar-refractivity contribution in [3.05, 3.63) is 47.6 Å². The van der Waals surface area contributed by atoms with Crippen molar-refractivity contribution in [1.82, 2.24) is 0 Å². The summed E-state index contributed by atoms with van der Waals surface area (Å²) in [6.45, 7) is 14.7. The van der Waals surface area contributed by atoms with Gasteiger partial charge in [0.25, 0.3) is 0 Å². The van der Waals surface area contributed by atoms with E-state index < -0.39 is 0 Å². The Hall–Kier alpha value is -1.57. The van der Waals surface area contributed by atoms with Crippen LogP contribution in [-0.2, 0) is 9.53 Å². The number of rotatable bonds is 12. The minimum Gasteiger partial charge on any atom is -0.463 e. The lowest BCUT2D eigenvalue weighted by Crippen LogP contribution is -2.03. The summed E-state index contributed by atoms with van der Waals surface area (Å²) in [5.41, 5.74) is 3.98. The van der Waals surface area contributed by atoms with E-state index in [0.29, 0.717) is 12.5 Å². The van der Waals surface area contributed by atoms with Gasteiger partial charge in [-0.1, -0.05) is 48.8 Å². The maximum atomic E-state index is 11.7. The first kappa shape index (κ1) is 22.4. The maximum absolute atomic E-state index is 11.7. The van der Waals surface area contributed by atoms with Crippen molar-refractivity contribution in [3.8, 4) is 0 Å². The number of carbonyl (C=O) groups is 1. The van der Waals surface area contributed by atoms with E-state index in [1.807, 2.05) is 13.0 Å². The minimum atomic E-state index is -0.216. The molecule has 0 rings (SSSR count). The van der Waals surface area contributed by atoms with Crippen LogP contribution in [0.2, 0.25) is 0 Å². The number of allylic oxidation sites excluding steroid dienone is 6. The third-order valence-electron chi connectivity index (χ3n) is 3.60. The van der Waals surface area contributed by atoms with Crippen LogP contribution in [0.15, 0.2) is 47.6 Å². The molecule has 2 heteroatoms. The molecule has 0 aliphatic carbocycles. The fraction of sp³-hybridized carbons (Fsp3) is 0.591. The molecule has 0 fully saturated rings. The van der Waals surface area contributed by atoms with Crippen LogP contribution >= 0.6 is 0 Å². The van der Waals surface area contributed by atoms with Crippen molar-refractivity contribution >= 4 is 5.97 Å². The van der Waals surface area contributed by atoms with E-state index in [9.17, 15) is 4.79 Å². The van der Waals surface area contributed by atoms with Crippen molar-refractivity contribution in [2.45, 2.75) is 73.1 Å². The highest BCUT2D eigenvalue weighted by Crippen LogP contribution is 2.19. The SMILES string of the molecule is C=CC/C(=C\CC/C(=C/C(=O)OCC)CC(C)C)CCC=C(C)C. The van der Waals surface area contributed by atoms with E-state index in [1.54, 1.807) is 6.08 Å². The van der Waals surface area contributed by atoms with Crippen LogP contribution in [0.4, 0.5) is 0 Å². The molecule has 0 aromatic carbocycles. The zero-order valence-corrected chi connectivity index (χ0v) is 16.4. The molecule has 0 heterocycles. The van der Waals surface area contributed by atoms with E-state index in [-0.39, 0.29) is 5.97 Å². The van der Waals surface area contributed by atoms with E-state index in [4.69, 9.17) is 4.74 Å². The van der Waals surface area contributed by atoms with Crippen LogP contribution in [0, 0.1) is 5.92 Å². The fourth-order valence-corrected chi connectivity index (χ4v) is 2.59. The molecule has 0 N–H and O–H groups in total. The van der Waals surface area contributed by atoms with Crippen molar-refractivity contribution in [2.75, 3.05) is 6.61 Å². The molecule has 0 amide bonds. The van der Waals surface area contributed by atoms with Crippen molar-refractivity contribution in [2.24, 2.45) is 5.92 Å². The predicted octanol–water partition coefficient (Wildman–Crippen LogP) is 6.55. The Morgan fingerprint density at radius 3 is 2.25 bits per heavy atom. The van der Waals surface area contributed by atoms with Gasteiger partial charge in [0.15, 0.2) is 0 Å². The molecule has 0 spiro atoms. The Morgan fingerprint density at radius 2 is 1.71 bits per heavy atom. The topological polar surface area (TPSA) is 26.3 Å². The van der Waals surface area contributed by atoms with E-state index >= 15 is 0 Å². The number of esters is 1. The first-order valence-corrected chi connectivity index (χ1v) is 9.17. The highest BCUT2D eigenvalue weighted by molar-refractivity contribution is 5.82. The molecule has 0 saturated carbocycles. The zero-order valence-electron chi connectivity index (χ0n) is 16.4. The molecule has 136 valence electrons. The van der Waals surface area contributed by atoms with Crippen molar-refractivity contribution in [1.29, 1.82) is 0 Å². The second kappa shape index (κ2) is 13.8. The standard InChI is InChI=1S/C22H36O2/c1-7-11-20(13-9-12-18(3)4)14-10-15-21(16-19(5)6)17-22(23)24-8-2/h7,12,14,17,19H,1,8-11,13,15-16H2,2-6H3/b20-14+,21-17-. The summed E-state index contributed by atoms with van der Waals surface area (Å²) in [7, 11) is 0. The molecule has 2 nitrogen and oxygen atoms in total. The second-order valence-corrected chi connectivity index (χ2v) is 6.87. The number of hydrogen-bond donors (Lipinski definition) is 0. The van der Waals surface area contributed by atoms with Crippen molar-refractivity contribution < 1.29 is 9.53 Å². The molecule has 0 aliphatic heterocycles. The monoisotopic (exact) mass is 332 g/mol. The van der Waals surface area contributed by atoms with Crippen LogP contribution in [0.25, 0.3) is 0 Å². The van der Waals surface area contributed by atoms with Crippen LogP contribution in [0.3, 0.4) is 0 Å². The number of carbonyl (C=O) groups excluding carboxylic acids is 1. The lowest BCUT2D eigenvalue weighted by atomic mass is 9.97. The molecule has 0 saturated heterocycles. The molecule has 0 aromatic rings. The molecule has 0 unspecified atom stereocenters. The highest BCUT2D eigenvalue weighted by Gasteiger charge is 2.05. The molecule has 0 aromatic heterocycles. The predicted molar refractivity (Wildman–Crippen MR) is 105 cm³/mol. The van der Waals surface area contributed by atoms with Gasteiger partial charge in [0, 0.05) is 6.08 Å². The Bertz CT molecular complexity index is 460. The van der Waals surface area contributed by atoms with E-state index in [2.05, 4.69) is 46.4 Å². The molecule has 0 aliphatic rings. The van der Waals surface area contributed by atoms with Crippen molar-refractivity contribution in [3.63, 3.8) is 0 Å². The molecule has 0 atom stereocenters. The molecule has 0 radical (unpaired) electrons. The van der Waals surface area contributed by atoms with Crippen LogP contribution in [-0.4, -0.2) is 12.6 Å². The summed E-state index contributed by atoms with van der Waals surface area (Å²) in [4.78, 5) is 11.7. The van der Waals surface area contributed by atoms with E-state index in [0.717, 1.165) is 38.5 Å². The summed E-state index contributed by atoms with van der Waals surface area (Å²) in [6, 6.07) is 0. The van der Waals surface area contributed by atoms with Gasteiger partial charge in [-0.15, -0.1) is 6.58 Å². The second-order valence-electron chi connectivity index (χ2n) is 6.87. The van der Waals surface area contributed by atoms with Crippen LogP contribution in [0.5, 0.6) is 0 Å². The Kier molecular flexibility index (Phi) is 12.9. The summed E-state index contributed by atoms with van der Waals surface area (Å²) < 4.78 is 5.04. The van der Waals surface area contributed by atoms with Gasteiger partial charge in [0.05, 0.1) is 6.61 Å². The zero-order chi connectivity index (χ0) is 18.4. The largest absolute Gasteiger partial charge is 0.463 e. The summed E-state index contributed by atoms with van der Waals surface area (Å²) >= 11 is 0. The molecular formula is C22H36O2. The maximum Gasteiger partial charge on any atom is 0.330 e. The first-order chi connectivity index (χ1) is 11.4. The summed E-state index contributed by atoms with van der Waals surface area (Å²) in [5.74, 6) is 0.326. The van der Waals surface area contributed by atoms with E-state index in [1.165, 1.54) is 16.7 Å². The third kappa shape index (κ3) is 12.9. The summed E-state index contributed by atoms with van der Waals surface area (Å²) in [5, 5.41) is 0. The van der Waals surface area contributed by atoms with Crippen LogP contribution in [0.1, 0.15) is 73.1 Å². The van der Waals surface area contributed by atoms with Gasteiger partial charge in [0.2, 0.25) is 0 Å². The average molecular weight is 333 g/mol. The van der Waals surface area contributed by atoms with Gasteiger partial charge in [0.1, 0.15) is 0 Å². The van der Waals surface area contributed by atoms with Crippen LogP contribution < -0.4 is 0 Å². The Morgan fingerprint density at radius 1 is 1.08 bits per heavy atom. The van der Waals surface area contributed by atoms with Gasteiger partial charge >= 0.3 is 5.97 Å². The lowest BCUT2D eigenvalue weighted by molar-refractivity contribution is -0.137.